The van der Waals surface area contributed by atoms with Crippen LogP contribution >= 0.6 is 62.7 Å². The first kappa shape index (κ1) is 44.1. The smallest absolute Gasteiger partial charge is 0.345 e. The lowest BCUT2D eigenvalue weighted by molar-refractivity contribution is -0.385. The Morgan fingerprint density at radius 2 is 1.66 bits per heavy atom. The summed E-state index contributed by atoms with van der Waals surface area (Å²) in [5.74, 6) is -1.39. The predicted octanol–water partition coefficient (Wildman–Crippen LogP) is 5.93. The van der Waals surface area contributed by atoms with Gasteiger partial charge in [0.2, 0.25) is 0 Å². The van der Waals surface area contributed by atoms with Crippen LogP contribution in [0.4, 0.5) is 5.69 Å². The molecule has 0 aromatic heterocycles. The number of rotatable bonds is 8. The van der Waals surface area contributed by atoms with Crippen LogP contribution in [-0.4, -0.2) is 70.7 Å². The summed E-state index contributed by atoms with van der Waals surface area (Å²) in [6, 6.07) is 13.4. The molecule has 14 nitrogen and oxygen atoms in total. The monoisotopic (exact) mass is 861 g/mol. The Labute approximate surface area is 299 Å². The maximum atomic E-state index is 11.6. The summed E-state index contributed by atoms with van der Waals surface area (Å²) in [6.07, 6.45) is 5.87. The van der Waals surface area contributed by atoms with Crippen molar-refractivity contribution < 1.29 is 48.6 Å². The summed E-state index contributed by atoms with van der Waals surface area (Å²) in [7, 11) is -2.57. The van der Waals surface area contributed by atoms with Gasteiger partial charge in [-0.25, -0.2) is 4.79 Å². The Bertz CT molecular complexity index is 1610. The number of hydrogen-bond donors (Lipinski definition) is 4. The Morgan fingerprint density at radius 3 is 2.09 bits per heavy atom. The summed E-state index contributed by atoms with van der Waals surface area (Å²) < 4.78 is 21.0. The van der Waals surface area contributed by atoms with Gasteiger partial charge >= 0.3 is 11.9 Å². The van der Waals surface area contributed by atoms with Crippen LogP contribution in [0, 0.1) is 21.4 Å². The number of aliphatic carboxylic acids is 1. The molecule has 256 valence electrons. The van der Waals surface area contributed by atoms with E-state index in [-0.39, 0.29) is 27.8 Å². The van der Waals surface area contributed by atoms with Crippen molar-refractivity contribution in [2.75, 3.05) is 38.7 Å². The number of phenols is 1. The molecule has 0 aliphatic rings. The third kappa shape index (κ3) is 18.9. The molecule has 0 radical (unpaired) electrons. The first-order valence-electron chi connectivity index (χ1n) is 12.2. The lowest BCUT2D eigenvalue weighted by Gasteiger charge is -2.14. The second kappa shape index (κ2) is 21.9. The molecule has 3 aromatic rings. The van der Waals surface area contributed by atoms with Crippen molar-refractivity contribution in [3.05, 3.63) is 88.8 Å². The van der Waals surface area contributed by atoms with Crippen molar-refractivity contribution in [1.82, 2.24) is 5.32 Å². The van der Waals surface area contributed by atoms with Gasteiger partial charge in [0.25, 0.3) is 5.69 Å². The number of carbonyl (C=O) groups excluding carboxylic acids is 1. The van der Waals surface area contributed by atoms with Gasteiger partial charge in [0.05, 0.1) is 69.2 Å². The predicted molar refractivity (Wildman–Crippen MR) is 185 cm³/mol. The number of carboxylic acid groups (broad SMARTS) is 1. The minimum absolute atomic E-state index is 0.115. The van der Waals surface area contributed by atoms with Crippen LogP contribution in [-0.2, 0) is 25.0 Å². The van der Waals surface area contributed by atoms with Gasteiger partial charge in [0.15, 0.2) is 0 Å². The van der Waals surface area contributed by atoms with Crippen LogP contribution in [0.2, 0.25) is 10.0 Å². The third-order valence-electron chi connectivity index (χ3n) is 4.43. The number of nitriles is 1. The number of aromatic hydroxyl groups is 1. The van der Waals surface area contributed by atoms with Gasteiger partial charge in [0, 0.05) is 17.2 Å². The number of ether oxygens (including phenoxy) is 2. The molecule has 0 spiro atoms. The number of methoxy groups -OCH3 is 1. The van der Waals surface area contributed by atoms with E-state index in [0.717, 1.165) is 13.2 Å². The highest BCUT2D eigenvalue weighted by Gasteiger charge is 2.22. The van der Waals surface area contributed by atoms with Crippen molar-refractivity contribution in [1.29, 1.82) is 5.26 Å². The molecule has 0 aliphatic carbocycles. The molecule has 0 heterocycles. The number of nitro groups is 1. The summed E-state index contributed by atoms with van der Waals surface area (Å²) in [4.78, 5) is 49.6. The van der Waals surface area contributed by atoms with Gasteiger partial charge in [-0.15, -0.1) is 0 Å². The largest absolute Gasteiger partial charge is 0.778 e. The molecule has 1 atom stereocenters. The second-order valence-electron chi connectivity index (χ2n) is 8.85. The molecular weight excluding hydrogens is 836 g/mol. The molecule has 0 fully saturated rings. The molecule has 1 unspecified atom stereocenters. The number of nitrogens with zero attached hydrogens (tertiary/aromatic N) is 2. The van der Waals surface area contributed by atoms with E-state index in [2.05, 4.69) is 55.4 Å². The zero-order chi connectivity index (χ0) is 36.5. The number of nitro benzene ring substituents is 1. The van der Waals surface area contributed by atoms with Crippen LogP contribution in [0.5, 0.6) is 17.2 Å². The lowest BCUT2D eigenvalue weighted by Crippen LogP contribution is -2.25. The van der Waals surface area contributed by atoms with Crippen LogP contribution in [0.25, 0.3) is 0 Å². The molecule has 0 aliphatic heterocycles. The topological polar surface area (TPSA) is 232 Å². The number of carbonyl (C=O) groups is 2. The molecule has 0 bridgehead atoms. The molecule has 3 aromatic carbocycles. The minimum Gasteiger partial charge on any atom is -0.778 e. The van der Waals surface area contributed by atoms with Crippen molar-refractivity contribution in [2.24, 2.45) is 0 Å². The van der Waals surface area contributed by atoms with Gasteiger partial charge in [-0.05, 0) is 79.2 Å². The van der Waals surface area contributed by atoms with Crippen LogP contribution < -0.4 is 14.9 Å². The van der Waals surface area contributed by atoms with Crippen molar-refractivity contribution in [3.63, 3.8) is 0 Å². The lowest BCUT2D eigenvalue weighted by atomic mass is 10.1. The number of halogens is 4. The summed E-state index contributed by atoms with van der Waals surface area (Å²) >= 11 is 18.0. The van der Waals surface area contributed by atoms with Crippen molar-refractivity contribution >= 4 is 91.2 Å². The summed E-state index contributed by atoms with van der Waals surface area (Å²) in [6.45, 7) is -0.479. The average molecular weight is 864 g/mol. The van der Waals surface area contributed by atoms with E-state index in [0.29, 0.717) is 36.2 Å². The third-order valence-corrected chi connectivity index (χ3v) is 6.79. The summed E-state index contributed by atoms with van der Waals surface area (Å²) in [5.41, 5.74) is -0.0851. The Balaban J connectivity index is 0.000000708. The highest BCUT2D eigenvalue weighted by atomic mass is 79.9. The highest BCUT2D eigenvalue weighted by molar-refractivity contribution is 9.11. The van der Waals surface area contributed by atoms with Crippen molar-refractivity contribution in [2.45, 2.75) is 0 Å². The minimum atomic E-state index is -4.35. The molecule has 0 saturated heterocycles. The second-order valence-corrected chi connectivity index (χ2v) is 15.4. The Hall–Kier alpha value is -2.91. The fraction of sp³-hybridized carbons (Fsp3) is 0.222. The number of esters is 1. The van der Waals surface area contributed by atoms with E-state index >= 15 is 0 Å². The molecule has 20 heteroatoms. The maximum absolute atomic E-state index is 11.6. The fourth-order valence-electron chi connectivity index (χ4n) is 2.63. The van der Waals surface area contributed by atoms with Gasteiger partial charge in [-0.1, -0.05) is 23.2 Å². The van der Waals surface area contributed by atoms with E-state index in [1.807, 2.05) is 11.4 Å². The summed E-state index contributed by atoms with van der Waals surface area (Å²) in [5, 5.41) is 39.3. The van der Waals surface area contributed by atoms with E-state index in [9.17, 15) is 34.3 Å². The number of hydrogen-bond acceptors (Lipinski definition) is 11. The number of benzene rings is 3. The molecule has 0 saturated carbocycles. The van der Waals surface area contributed by atoms with Crippen LogP contribution in [0.3, 0.4) is 0 Å². The average Bonchev–Trinajstić information content (AvgIpc) is 2.96. The van der Waals surface area contributed by atoms with Crippen LogP contribution in [0.15, 0.2) is 57.5 Å². The Kier molecular flexibility index (Phi) is 20.5. The quantitative estimate of drug-likeness (QED) is 0.0677. The normalized spacial score (nSPS) is 11.1. The fourth-order valence-corrected chi connectivity index (χ4v) is 4.66. The standard InChI is InChI=1S/C14H9Cl2NO5.C7H3Br2NO.C3H8NO5P.C3H9S/c1-21-14(18)10-7-9(3-4-12(10)17(19)20)22-13-5-2-8(15)6-11(13)16;8-5-1-4(3-10)2-6(9)7(5)11;5-3(6)1-4-2-10(7,8)9;1-4(2)3/h2-7H,1H3;1-2,11H;4H,1-2H2,(H,5,6)(H2,7,8,9);1-3H3/q;;;+1/p-1. The zero-order valence-electron chi connectivity index (χ0n) is 24.9. The molecule has 0 amide bonds. The van der Waals surface area contributed by atoms with Gasteiger partial charge in [-0.2, -0.15) is 5.26 Å². The van der Waals surface area contributed by atoms with Crippen molar-refractivity contribution in [3.8, 4) is 23.3 Å². The SMILES string of the molecule is COC(=O)c1cc(Oc2ccc(Cl)cc2Cl)ccc1[N+](=O)[O-].C[S+](C)C.N#Cc1cc(Br)c(O)c(Br)c1.O=C(O)CNCP(=O)([O-])O. The maximum Gasteiger partial charge on any atom is 0.345 e. The van der Waals surface area contributed by atoms with E-state index < -0.39 is 37.3 Å². The zero-order valence-corrected chi connectivity index (χ0v) is 31.3. The van der Waals surface area contributed by atoms with Gasteiger partial charge in [-0.3, -0.25) is 20.2 Å². The number of carboxylic acids is 1. The highest BCUT2D eigenvalue weighted by Crippen LogP contribution is 2.34. The molecule has 3 rings (SSSR count). The van der Waals surface area contributed by atoms with E-state index in [1.54, 1.807) is 24.3 Å². The van der Waals surface area contributed by atoms with E-state index in [1.165, 1.54) is 18.2 Å². The number of nitrogens with one attached hydrogen (secondary N) is 1. The first-order valence-corrected chi connectivity index (χ1v) is 18.8. The molecule has 47 heavy (non-hydrogen) atoms. The van der Waals surface area contributed by atoms with E-state index in [4.69, 9.17) is 43.2 Å². The number of phenolic OH excluding ortho intramolecular Hbond substituents is 1. The van der Waals surface area contributed by atoms with Gasteiger partial charge < -0.3 is 34.0 Å². The van der Waals surface area contributed by atoms with Gasteiger partial charge in [0.1, 0.15) is 30.4 Å². The van der Waals surface area contributed by atoms with Crippen LogP contribution in [0.1, 0.15) is 15.9 Å². The first-order chi connectivity index (χ1) is 21.7. The molecule has 4 N–H and O–H groups in total. The Morgan fingerprint density at radius 1 is 1.11 bits per heavy atom. The molecular formula is C27H28Br2Cl2N3O11PS.